The molecule has 0 aliphatic carbocycles. The van der Waals surface area contributed by atoms with Crippen molar-refractivity contribution in [1.82, 2.24) is 19.7 Å². The number of aromatic nitrogens is 4. The highest BCUT2D eigenvalue weighted by Gasteiger charge is 2.14. The van der Waals surface area contributed by atoms with E-state index in [-0.39, 0.29) is 5.56 Å². The smallest absolute Gasteiger partial charge is 0.339 e. The first-order valence-electron chi connectivity index (χ1n) is 4.67. The van der Waals surface area contributed by atoms with Crippen molar-refractivity contribution in [2.24, 2.45) is 0 Å². The van der Waals surface area contributed by atoms with Crippen LogP contribution in [0.15, 0.2) is 18.5 Å². The van der Waals surface area contributed by atoms with E-state index in [4.69, 9.17) is 5.11 Å². The van der Waals surface area contributed by atoms with Crippen molar-refractivity contribution in [3.05, 3.63) is 35.7 Å². The van der Waals surface area contributed by atoms with Gasteiger partial charge in [-0.2, -0.15) is 5.10 Å². The Morgan fingerprint density at radius 2 is 2.19 bits per heavy atom. The molecule has 0 radical (unpaired) electrons. The van der Waals surface area contributed by atoms with Gasteiger partial charge in [0.1, 0.15) is 17.2 Å². The van der Waals surface area contributed by atoms with Crippen molar-refractivity contribution < 1.29 is 9.90 Å². The number of aryl methyl sites for hydroxylation is 2. The molecule has 2 aromatic heterocycles. The van der Waals surface area contributed by atoms with Crippen LogP contribution < -0.4 is 0 Å². The van der Waals surface area contributed by atoms with Gasteiger partial charge in [-0.15, -0.1) is 0 Å². The summed E-state index contributed by atoms with van der Waals surface area (Å²) in [6.07, 6.45) is 2.83. The van der Waals surface area contributed by atoms with Gasteiger partial charge in [-0.1, -0.05) is 0 Å². The van der Waals surface area contributed by atoms with Gasteiger partial charge in [0.05, 0.1) is 5.69 Å². The number of hydrogen-bond donors (Lipinski definition) is 1. The lowest BCUT2D eigenvalue weighted by atomic mass is 10.2. The van der Waals surface area contributed by atoms with Gasteiger partial charge >= 0.3 is 5.97 Å². The lowest BCUT2D eigenvalue weighted by Crippen LogP contribution is -2.08. The molecule has 2 aromatic rings. The van der Waals surface area contributed by atoms with Gasteiger partial charge in [-0.25, -0.2) is 14.5 Å². The van der Waals surface area contributed by atoms with Crippen molar-refractivity contribution in [2.45, 2.75) is 13.8 Å². The second-order valence-electron chi connectivity index (χ2n) is 3.32. The summed E-state index contributed by atoms with van der Waals surface area (Å²) in [6, 6.07) is 1.60. The van der Waals surface area contributed by atoms with Crippen LogP contribution in [0.4, 0.5) is 0 Å². The molecule has 0 aromatic carbocycles. The first kappa shape index (κ1) is 10.3. The Morgan fingerprint density at radius 3 is 2.75 bits per heavy atom. The number of rotatable bonds is 2. The standard InChI is InChI=1S/C10H10N4O2/c1-6-12-7(2)14(13-6)9-3-4-11-5-8(9)10(15)16/h3-5H,1-2H3,(H,15,16). The Bertz CT molecular complexity index is 548. The summed E-state index contributed by atoms with van der Waals surface area (Å²) >= 11 is 0. The molecule has 0 aliphatic rings. The van der Waals surface area contributed by atoms with Crippen LogP contribution in [0.5, 0.6) is 0 Å². The molecular weight excluding hydrogens is 208 g/mol. The minimum Gasteiger partial charge on any atom is -0.478 e. The van der Waals surface area contributed by atoms with Gasteiger partial charge in [0.25, 0.3) is 0 Å². The third kappa shape index (κ3) is 1.65. The maximum atomic E-state index is 11.0. The van der Waals surface area contributed by atoms with Crippen LogP contribution in [0.1, 0.15) is 22.0 Å². The quantitative estimate of drug-likeness (QED) is 0.812. The molecule has 0 saturated carbocycles. The van der Waals surface area contributed by atoms with Crippen molar-refractivity contribution >= 4 is 5.97 Å². The van der Waals surface area contributed by atoms with E-state index in [2.05, 4.69) is 15.1 Å². The fourth-order valence-electron chi connectivity index (χ4n) is 1.49. The zero-order chi connectivity index (χ0) is 11.7. The molecule has 82 valence electrons. The predicted molar refractivity (Wildman–Crippen MR) is 55.6 cm³/mol. The van der Waals surface area contributed by atoms with E-state index in [1.54, 1.807) is 19.9 Å². The number of carbonyl (C=O) groups is 1. The summed E-state index contributed by atoms with van der Waals surface area (Å²) in [5.74, 6) is 0.215. The molecule has 0 amide bonds. The summed E-state index contributed by atoms with van der Waals surface area (Å²) < 4.78 is 1.50. The lowest BCUT2D eigenvalue weighted by molar-refractivity contribution is 0.0696. The van der Waals surface area contributed by atoms with Crippen molar-refractivity contribution in [3.8, 4) is 5.69 Å². The number of nitrogens with zero attached hydrogens (tertiary/aromatic N) is 4. The van der Waals surface area contributed by atoms with Crippen LogP contribution in [0.25, 0.3) is 5.69 Å². The minimum atomic E-state index is -1.03. The maximum Gasteiger partial charge on any atom is 0.339 e. The van der Waals surface area contributed by atoms with E-state index in [9.17, 15) is 4.79 Å². The van der Waals surface area contributed by atoms with E-state index in [0.29, 0.717) is 17.3 Å². The van der Waals surface area contributed by atoms with Gasteiger partial charge < -0.3 is 5.11 Å². The average Bonchev–Trinajstić information content (AvgIpc) is 2.57. The van der Waals surface area contributed by atoms with Crippen molar-refractivity contribution in [1.29, 1.82) is 0 Å². The Labute approximate surface area is 91.6 Å². The van der Waals surface area contributed by atoms with Gasteiger partial charge in [0, 0.05) is 12.4 Å². The van der Waals surface area contributed by atoms with Crippen molar-refractivity contribution in [3.63, 3.8) is 0 Å². The molecule has 2 heterocycles. The molecule has 0 atom stereocenters. The summed E-state index contributed by atoms with van der Waals surface area (Å²) in [5, 5.41) is 13.2. The maximum absolute atomic E-state index is 11.0. The number of carboxylic acids is 1. The van der Waals surface area contributed by atoms with E-state index < -0.39 is 5.97 Å². The van der Waals surface area contributed by atoms with Gasteiger partial charge in [-0.05, 0) is 19.9 Å². The third-order valence-electron chi connectivity index (χ3n) is 2.13. The highest BCUT2D eigenvalue weighted by molar-refractivity contribution is 5.91. The molecule has 6 nitrogen and oxygen atoms in total. The number of pyridine rings is 1. The Balaban J connectivity index is 2.64. The van der Waals surface area contributed by atoms with Crippen LogP contribution in [-0.2, 0) is 0 Å². The van der Waals surface area contributed by atoms with E-state index in [1.807, 2.05) is 0 Å². The highest BCUT2D eigenvalue weighted by Crippen LogP contribution is 2.13. The molecular formula is C10H10N4O2. The zero-order valence-corrected chi connectivity index (χ0v) is 8.88. The third-order valence-corrected chi connectivity index (χ3v) is 2.13. The Morgan fingerprint density at radius 1 is 1.44 bits per heavy atom. The fraction of sp³-hybridized carbons (Fsp3) is 0.200. The van der Waals surface area contributed by atoms with Crippen LogP contribution in [0, 0.1) is 13.8 Å². The molecule has 0 saturated heterocycles. The molecule has 6 heteroatoms. The normalized spacial score (nSPS) is 10.4. The van der Waals surface area contributed by atoms with Crippen LogP contribution in [0.2, 0.25) is 0 Å². The summed E-state index contributed by atoms with van der Waals surface area (Å²) in [6.45, 7) is 3.52. The molecule has 0 aliphatic heterocycles. The SMILES string of the molecule is Cc1nc(C)n(-c2ccncc2C(=O)O)n1. The Kier molecular flexibility index (Phi) is 2.40. The zero-order valence-electron chi connectivity index (χ0n) is 8.88. The van der Waals surface area contributed by atoms with E-state index in [0.717, 1.165) is 0 Å². The predicted octanol–water partition coefficient (Wildman–Crippen LogP) is 0.977. The molecule has 2 rings (SSSR count). The first-order valence-corrected chi connectivity index (χ1v) is 4.67. The molecule has 0 unspecified atom stereocenters. The monoisotopic (exact) mass is 218 g/mol. The molecule has 1 N–H and O–H groups in total. The highest BCUT2D eigenvalue weighted by atomic mass is 16.4. The second-order valence-corrected chi connectivity index (χ2v) is 3.32. The molecule has 0 spiro atoms. The van der Waals surface area contributed by atoms with Gasteiger partial charge in [0.2, 0.25) is 0 Å². The summed E-state index contributed by atoms with van der Waals surface area (Å²) in [7, 11) is 0. The van der Waals surface area contributed by atoms with Gasteiger partial charge in [0.15, 0.2) is 0 Å². The first-order chi connectivity index (χ1) is 7.59. The Hall–Kier alpha value is -2.24. The number of aromatic carboxylic acids is 1. The van der Waals surface area contributed by atoms with Crippen molar-refractivity contribution in [2.75, 3.05) is 0 Å². The van der Waals surface area contributed by atoms with Crippen LogP contribution >= 0.6 is 0 Å². The number of carboxylic acid groups (broad SMARTS) is 1. The molecule has 0 fully saturated rings. The fourth-order valence-corrected chi connectivity index (χ4v) is 1.49. The average molecular weight is 218 g/mol. The minimum absolute atomic E-state index is 0.107. The second kappa shape index (κ2) is 3.73. The number of hydrogen-bond acceptors (Lipinski definition) is 4. The molecule has 0 bridgehead atoms. The van der Waals surface area contributed by atoms with Crippen LogP contribution in [0.3, 0.4) is 0 Å². The van der Waals surface area contributed by atoms with Crippen LogP contribution in [-0.4, -0.2) is 30.8 Å². The molecule has 16 heavy (non-hydrogen) atoms. The largest absolute Gasteiger partial charge is 0.478 e. The summed E-state index contributed by atoms with van der Waals surface area (Å²) in [5.41, 5.74) is 0.580. The topological polar surface area (TPSA) is 80.9 Å². The lowest BCUT2D eigenvalue weighted by Gasteiger charge is -2.05. The van der Waals surface area contributed by atoms with Gasteiger partial charge in [-0.3, -0.25) is 4.98 Å². The summed E-state index contributed by atoms with van der Waals surface area (Å²) in [4.78, 5) is 18.9. The van der Waals surface area contributed by atoms with E-state index in [1.165, 1.54) is 17.1 Å². The van der Waals surface area contributed by atoms with E-state index >= 15 is 0 Å².